The van der Waals surface area contributed by atoms with Gasteiger partial charge in [-0.05, 0) is 44.5 Å². The van der Waals surface area contributed by atoms with E-state index in [0.717, 1.165) is 24.2 Å². The zero-order valence-electron chi connectivity index (χ0n) is 11.1. The van der Waals surface area contributed by atoms with Crippen LogP contribution in [-0.4, -0.2) is 30.3 Å². The van der Waals surface area contributed by atoms with Gasteiger partial charge in [-0.1, -0.05) is 12.2 Å². The molecule has 18 heavy (non-hydrogen) atoms. The third kappa shape index (κ3) is 2.82. The molecule has 2 atom stereocenters. The fraction of sp³-hybridized carbons (Fsp3) is 0.500. The summed E-state index contributed by atoms with van der Waals surface area (Å²) < 4.78 is 5.75. The van der Waals surface area contributed by atoms with E-state index < -0.39 is 0 Å². The largest absolute Gasteiger partial charge is 0.389 e. The monoisotopic (exact) mass is 264 g/mol. The van der Waals surface area contributed by atoms with Crippen molar-refractivity contribution in [1.29, 1.82) is 0 Å². The van der Waals surface area contributed by atoms with E-state index in [1.165, 1.54) is 5.69 Å². The first-order valence-electron chi connectivity index (χ1n) is 6.28. The molecule has 1 saturated heterocycles. The first-order chi connectivity index (χ1) is 8.47. The van der Waals surface area contributed by atoms with Crippen LogP contribution in [0.5, 0.6) is 0 Å². The number of aryl methyl sites for hydroxylation is 1. The maximum absolute atomic E-state index is 5.75. The highest BCUT2D eigenvalue weighted by Crippen LogP contribution is 2.23. The lowest BCUT2D eigenvalue weighted by molar-refractivity contribution is -0.00521. The minimum absolute atomic E-state index is 0.268. The molecule has 0 spiro atoms. The lowest BCUT2D eigenvalue weighted by Crippen LogP contribution is -2.45. The lowest BCUT2D eigenvalue weighted by Gasteiger charge is -2.37. The summed E-state index contributed by atoms with van der Waals surface area (Å²) in [5.74, 6) is 0. The van der Waals surface area contributed by atoms with Crippen molar-refractivity contribution in [2.24, 2.45) is 5.73 Å². The summed E-state index contributed by atoms with van der Waals surface area (Å²) in [5.41, 5.74) is 8.99. The third-order valence-electron chi connectivity index (χ3n) is 3.26. The zero-order chi connectivity index (χ0) is 13.3. The molecule has 0 aliphatic carbocycles. The van der Waals surface area contributed by atoms with Gasteiger partial charge in [0.05, 0.1) is 12.2 Å². The Morgan fingerprint density at radius 2 is 1.94 bits per heavy atom. The van der Waals surface area contributed by atoms with Gasteiger partial charge >= 0.3 is 0 Å². The van der Waals surface area contributed by atoms with Gasteiger partial charge in [0.25, 0.3) is 0 Å². The first kappa shape index (κ1) is 13.3. The molecule has 1 heterocycles. The average Bonchev–Trinajstić information content (AvgIpc) is 2.26. The van der Waals surface area contributed by atoms with E-state index in [0.29, 0.717) is 4.99 Å². The van der Waals surface area contributed by atoms with Gasteiger partial charge in [0.15, 0.2) is 0 Å². The second-order valence-electron chi connectivity index (χ2n) is 5.03. The van der Waals surface area contributed by atoms with Crippen molar-refractivity contribution in [2.75, 3.05) is 18.0 Å². The Kier molecular flexibility index (Phi) is 3.88. The Morgan fingerprint density at radius 3 is 2.44 bits per heavy atom. The summed E-state index contributed by atoms with van der Waals surface area (Å²) in [6, 6.07) is 6.25. The van der Waals surface area contributed by atoms with Crippen LogP contribution in [0.2, 0.25) is 0 Å². The van der Waals surface area contributed by atoms with Crippen molar-refractivity contribution in [3.05, 3.63) is 29.3 Å². The zero-order valence-corrected chi connectivity index (χ0v) is 12.0. The fourth-order valence-electron chi connectivity index (χ4n) is 2.51. The molecule has 2 unspecified atom stereocenters. The van der Waals surface area contributed by atoms with Gasteiger partial charge in [-0.2, -0.15) is 0 Å². The van der Waals surface area contributed by atoms with Gasteiger partial charge < -0.3 is 15.4 Å². The highest BCUT2D eigenvalue weighted by atomic mass is 32.1. The van der Waals surface area contributed by atoms with E-state index in [-0.39, 0.29) is 12.2 Å². The van der Waals surface area contributed by atoms with Crippen LogP contribution in [0, 0.1) is 6.92 Å². The quantitative estimate of drug-likeness (QED) is 0.832. The predicted molar refractivity (Wildman–Crippen MR) is 79.3 cm³/mol. The van der Waals surface area contributed by atoms with Crippen LogP contribution in [0.1, 0.15) is 25.0 Å². The van der Waals surface area contributed by atoms with E-state index >= 15 is 0 Å². The summed E-state index contributed by atoms with van der Waals surface area (Å²) in [6.07, 6.45) is 0.536. The number of nitrogens with zero attached hydrogens (tertiary/aromatic N) is 1. The van der Waals surface area contributed by atoms with E-state index in [1.54, 1.807) is 0 Å². The molecular weight excluding hydrogens is 244 g/mol. The summed E-state index contributed by atoms with van der Waals surface area (Å²) in [5, 5.41) is 0. The Bertz CT molecular complexity index is 451. The van der Waals surface area contributed by atoms with Crippen molar-refractivity contribution in [3.63, 3.8) is 0 Å². The minimum Gasteiger partial charge on any atom is -0.389 e. The summed E-state index contributed by atoms with van der Waals surface area (Å²) in [6.45, 7) is 8.12. The standard InChI is InChI=1S/C14H20N2OS/c1-9-6-12(4-5-13(9)14(15)18)16-7-10(2)17-11(3)8-16/h4-6,10-11H,7-8H2,1-3H3,(H2,15,18). The van der Waals surface area contributed by atoms with Crippen molar-refractivity contribution in [1.82, 2.24) is 0 Å². The van der Waals surface area contributed by atoms with Crippen LogP contribution in [0.3, 0.4) is 0 Å². The van der Waals surface area contributed by atoms with Gasteiger partial charge in [0.1, 0.15) is 4.99 Å². The Morgan fingerprint density at radius 1 is 1.33 bits per heavy atom. The molecule has 1 aliphatic rings. The average molecular weight is 264 g/mol. The van der Waals surface area contributed by atoms with E-state index in [9.17, 15) is 0 Å². The van der Waals surface area contributed by atoms with Gasteiger partial charge in [-0.3, -0.25) is 0 Å². The van der Waals surface area contributed by atoms with Crippen LogP contribution < -0.4 is 10.6 Å². The number of rotatable bonds is 2. The molecule has 1 aromatic carbocycles. The van der Waals surface area contributed by atoms with Crippen LogP contribution in [-0.2, 0) is 4.74 Å². The minimum atomic E-state index is 0.268. The molecule has 0 aromatic heterocycles. The SMILES string of the molecule is Cc1cc(N2CC(C)OC(C)C2)ccc1C(N)=S. The number of anilines is 1. The van der Waals surface area contributed by atoms with Crippen LogP contribution in [0.4, 0.5) is 5.69 Å². The lowest BCUT2D eigenvalue weighted by atomic mass is 10.1. The molecule has 0 amide bonds. The highest BCUT2D eigenvalue weighted by Gasteiger charge is 2.22. The Labute approximate surface area is 114 Å². The number of nitrogens with two attached hydrogens (primary N) is 1. The summed E-state index contributed by atoms with van der Waals surface area (Å²) in [7, 11) is 0. The smallest absolute Gasteiger partial charge is 0.104 e. The molecule has 1 aliphatic heterocycles. The third-order valence-corrected chi connectivity index (χ3v) is 3.48. The first-order valence-corrected chi connectivity index (χ1v) is 6.69. The maximum atomic E-state index is 5.75. The number of ether oxygens (including phenoxy) is 1. The van der Waals surface area contributed by atoms with Crippen molar-refractivity contribution >= 4 is 22.9 Å². The van der Waals surface area contributed by atoms with E-state index in [2.05, 4.69) is 30.9 Å². The van der Waals surface area contributed by atoms with E-state index in [4.69, 9.17) is 22.7 Å². The normalized spacial score (nSPS) is 24.1. The van der Waals surface area contributed by atoms with Crippen LogP contribution >= 0.6 is 12.2 Å². The molecule has 1 fully saturated rings. The molecule has 3 nitrogen and oxygen atoms in total. The maximum Gasteiger partial charge on any atom is 0.104 e. The number of hydrogen-bond acceptors (Lipinski definition) is 3. The van der Waals surface area contributed by atoms with Gasteiger partial charge in [0, 0.05) is 24.3 Å². The fourth-order valence-corrected chi connectivity index (χ4v) is 2.74. The second-order valence-corrected chi connectivity index (χ2v) is 5.47. The molecular formula is C14H20N2OS. The van der Waals surface area contributed by atoms with Crippen LogP contribution in [0.15, 0.2) is 18.2 Å². The number of benzene rings is 1. The second kappa shape index (κ2) is 5.24. The molecule has 2 rings (SSSR count). The molecule has 0 radical (unpaired) electrons. The summed E-state index contributed by atoms with van der Waals surface area (Å²) >= 11 is 5.03. The van der Waals surface area contributed by atoms with Gasteiger partial charge in [-0.15, -0.1) is 0 Å². The molecule has 1 aromatic rings. The number of hydrogen-bond donors (Lipinski definition) is 1. The van der Waals surface area contributed by atoms with Crippen molar-refractivity contribution < 1.29 is 4.74 Å². The molecule has 2 N–H and O–H groups in total. The van der Waals surface area contributed by atoms with E-state index in [1.807, 2.05) is 13.0 Å². The Balaban J connectivity index is 2.23. The van der Waals surface area contributed by atoms with Gasteiger partial charge in [0.2, 0.25) is 0 Å². The highest BCUT2D eigenvalue weighted by molar-refractivity contribution is 7.80. The number of thiocarbonyl (C=S) groups is 1. The molecule has 98 valence electrons. The summed E-state index contributed by atoms with van der Waals surface area (Å²) in [4.78, 5) is 2.82. The predicted octanol–water partition coefficient (Wildman–Crippen LogP) is 2.24. The Hall–Kier alpha value is -1.13. The van der Waals surface area contributed by atoms with Crippen molar-refractivity contribution in [3.8, 4) is 0 Å². The topological polar surface area (TPSA) is 38.5 Å². The van der Waals surface area contributed by atoms with Crippen molar-refractivity contribution in [2.45, 2.75) is 33.0 Å². The van der Waals surface area contributed by atoms with Crippen LogP contribution in [0.25, 0.3) is 0 Å². The molecule has 0 saturated carbocycles. The van der Waals surface area contributed by atoms with Gasteiger partial charge in [-0.25, -0.2) is 0 Å². The molecule has 4 heteroatoms. The number of morpholine rings is 1. The molecule has 0 bridgehead atoms.